The van der Waals surface area contributed by atoms with Gasteiger partial charge in [0.05, 0.1) is 22.0 Å². The number of nitrogens with one attached hydrogen (secondary N) is 1. The van der Waals surface area contributed by atoms with Crippen LogP contribution in [0.25, 0.3) is 0 Å². The van der Waals surface area contributed by atoms with E-state index in [1.54, 1.807) is 12.1 Å². The maximum absolute atomic E-state index is 11.5. The summed E-state index contributed by atoms with van der Waals surface area (Å²) in [6.07, 6.45) is 0.482. The highest BCUT2D eigenvalue weighted by atomic mass is 35.5. The number of rotatable bonds is 0. The summed E-state index contributed by atoms with van der Waals surface area (Å²) in [5.74, 6) is 0.0612. The van der Waals surface area contributed by atoms with Crippen molar-refractivity contribution < 1.29 is 4.79 Å². The number of halogens is 1. The molecule has 1 heterocycles. The summed E-state index contributed by atoms with van der Waals surface area (Å²) >= 11 is 5.89. The second-order valence-corrected chi connectivity index (χ2v) is 3.39. The van der Waals surface area contributed by atoms with E-state index in [-0.39, 0.29) is 5.78 Å². The Bertz CT molecular complexity index is 376. The van der Waals surface area contributed by atoms with Crippen molar-refractivity contribution in [2.45, 2.75) is 6.42 Å². The van der Waals surface area contributed by atoms with Crippen molar-refractivity contribution in [1.29, 1.82) is 0 Å². The Hall–Kier alpha value is -1.22. The maximum Gasteiger partial charge on any atom is 0.168 e. The van der Waals surface area contributed by atoms with Gasteiger partial charge in [-0.15, -0.1) is 0 Å². The molecule has 68 valence electrons. The molecule has 1 aromatic carbocycles. The van der Waals surface area contributed by atoms with E-state index in [0.29, 0.717) is 34.9 Å². The van der Waals surface area contributed by atoms with Crippen molar-refractivity contribution in [2.75, 3.05) is 17.6 Å². The largest absolute Gasteiger partial charge is 0.397 e. The molecule has 0 unspecified atom stereocenters. The molecule has 0 amide bonds. The highest BCUT2D eigenvalue weighted by Gasteiger charge is 2.21. The molecule has 0 atom stereocenters. The lowest BCUT2D eigenvalue weighted by atomic mass is 10.0. The summed E-state index contributed by atoms with van der Waals surface area (Å²) in [7, 11) is 0. The van der Waals surface area contributed by atoms with Gasteiger partial charge in [0.15, 0.2) is 5.78 Å². The molecule has 0 bridgehead atoms. The number of hydrogen-bond donors (Lipinski definition) is 2. The van der Waals surface area contributed by atoms with Gasteiger partial charge < -0.3 is 11.1 Å². The van der Waals surface area contributed by atoms with Crippen LogP contribution in [0.2, 0.25) is 5.02 Å². The molecule has 3 nitrogen and oxygen atoms in total. The standard InChI is InChI=1S/C9H9ClN2O/c10-5-1-2-6(11)9-8(5)7(13)3-4-12-9/h1-2,12H,3-4,11H2. The SMILES string of the molecule is Nc1ccc(Cl)c2c1NCCC2=O. The number of nitrogen functional groups attached to an aromatic ring is 1. The van der Waals surface area contributed by atoms with Gasteiger partial charge in [0.2, 0.25) is 0 Å². The molecule has 0 fully saturated rings. The number of benzene rings is 1. The molecule has 3 N–H and O–H groups in total. The molecule has 0 aliphatic carbocycles. The van der Waals surface area contributed by atoms with Crippen LogP contribution in [0.5, 0.6) is 0 Å². The molecule has 13 heavy (non-hydrogen) atoms. The first-order chi connectivity index (χ1) is 6.20. The summed E-state index contributed by atoms with van der Waals surface area (Å²) < 4.78 is 0. The maximum atomic E-state index is 11.5. The minimum Gasteiger partial charge on any atom is -0.397 e. The molecule has 1 aliphatic heterocycles. The average Bonchev–Trinajstić information content (AvgIpc) is 2.12. The van der Waals surface area contributed by atoms with Crippen LogP contribution >= 0.6 is 11.6 Å². The number of Topliss-reactive ketones (excluding diaryl/α,β-unsaturated/α-hetero) is 1. The average molecular weight is 197 g/mol. The smallest absolute Gasteiger partial charge is 0.168 e. The van der Waals surface area contributed by atoms with Crippen molar-refractivity contribution in [3.63, 3.8) is 0 Å². The minimum atomic E-state index is 0.0612. The van der Waals surface area contributed by atoms with Crippen LogP contribution < -0.4 is 11.1 Å². The van der Waals surface area contributed by atoms with Crippen molar-refractivity contribution in [3.8, 4) is 0 Å². The normalized spacial score (nSPS) is 15.0. The first-order valence-corrected chi connectivity index (χ1v) is 4.43. The zero-order valence-corrected chi connectivity index (χ0v) is 7.69. The van der Waals surface area contributed by atoms with E-state index in [1.807, 2.05) is 0 Å². The van der Waals surface area contributed by atoms with E-state index in [2.05, 4.69) is 5.32 Å². The third-order valence-electron chi connectivity index (χ3n) is 2.12. The van der Waals surface area contributed by atoms with Gasteiger partial charge in [-0.25, -0.2) is 0 Å². The predicted molar refractivity (Wildman–Crippen MR) is 53.3 cm³/mol. The van der Waals surface area contributed by atoms with Crippen LogP contribution in [0.15, 0.2) is 12.1 Å². The van der Waals surface area contributed by atoms with Gasteiger partial charge in [-0.2, -0.15) is 0 Å². The van der Waals surface area contributed by atoms with Gasteiger partial charge in [0.25, 0.3) is 0 Å². The Morgan fingerprint density at radius 3 is 2.92 bits per heavy atom. The minimum absolute atomic E-state index is 0.0612. The second-order valence-electron chi connectivity index (χ2n) is 2.99. The number of carbonyl (C=O) groups excluding carboxylic acids is 1. The lowest BCUT2D eigenvalue weighted by Crippen LogP contribution is -2.19. The van der Waals surface area contributed by atoms with E-state index < -0.39 is 0 Å². The zero-order valence-electron chi connectivity index (χ0n) is 6.93. The Morgan fingerprint density at radius 2 is 2.23 bits per heavy atom. The molecular formula is C9H9ClN2O. The third kappa shape index (κ3) is 1.25. The van der Waals surface area contributed by atoms with Crippen LogP contribution in [0.3, 0.4) is 0 Å². The van der Waals surface area contributed by atoms with Gasteiger partial charge in [-0.3, -0.25) is 4.79 Å². The molecule has 0 saturated heterocycles. The molecule has 0 radical (unpaired) electrons. The number of nitrogens with two attached hydrogens (primary N) is 1. The highest BCUT2D eigenvalue weighted by Crippen LogP contribution is 2.33. The van der Waals surface area contributed by atoms with Crippen LogP contribution in [0, 0.1) is 0 Å². The summed E-state index contributed by atoms with van der Waals surface area (Å²) in [6.45, 7) is 0.635. The molecule has 4 heteroatoms. The van der Waals surface area contributed by atoms with Crippen molar-refractivity contribution in [1.82, 2.24) is 0 Å². The fourth-order valence-electron chi connectivity index (χ4n) is 1.48. The number of anilines is 2. The number of fused-ring (bicyclic) bond motifs is 1. The Morgan fingerprint density at radius 1 is 1.46 bits per heavy atom. The van der Waals surface area contributed by atoms with Crippen molar-refractivity contribution in [3.05, 3.63) is 22.7 Å². The summed E-state index contributed by atoms with van der Waals surface area (Å²) in [5.41, 5.74) is 7.49. The third-order valence-corrected chi connectivity index (χ3v) is 2.43. The van der Waals surface area contributed by atoms with Gasteiger partial charge in [-0.1, -0.05) is 11.6 Å². The molecule has 0 spiro atoms. The molecule has 0 aromatic heterocycles. The molecule has 0 saturated carbocycles. The van der Waals surface area contributed by atoms with E-state index in [4.69, 9.17) is 17.3 Å². The summed E-state index contributed by atoms with van der Waals surface area (Å²) in [6, 6.07) is 3.35. The van der Waals surface area contributed by atoms with Gasteiger partial charge in [0, 0.05) is 13.0 Å². The lowest BCUT2D eigenvalue weighted by Gasteiger charge is -2.19. The van der Waals surface area contributed by atoms with E-state index in [1.165, 1.54) is 0 Å². The Kier molecular flexibility index (Phi) is 1.88. The van der Waals surface area contributed by atoms with E-state index in [0.717, 1.165) is 0 Å². The predicted octanol–water partition coefficient (Wildman–Crippen LogP) is 1.92. The quantitative estimate of drug-likeness (QED) is 0.624. The summed E-state index contributed by atoms with van der Waals surface area (Å²) in [4.78, 5) is 11.5. The second kappa shape index (κ2) is 2.92. The van der Waals surface area contributed by atoms with E-state index in [9.17, 15) is 4.79 Å². The van der Waals surface area contributed by atoms with Crippen LogP contribution in [-0.4, -0.2) is 12.3 Å². The van der Waals surface area contributed by atoms with Gasteiger partial charge in [-0.05, 0) is 12.1 Å². The Balaban J connectivity index is 2.67. The van der Waals surface area contributed by atoms with Crippen LogP contribution in [0.4, 0.5) is 11.4 Å². The Labute approximate surface area is 80.9 Å². The summed E-state index contributed by atoms with van der Waals surface area (Å²) in [5, 5.41) is 3.55. The fourth-order valence-corrected chi connectivity index (χ4v) is 1.75. The molecule has 1 aromatic rings. The van der Waals surface area contributed by atoms with Crippen LogP contribution in [-0.2, 0) is 0 Å². The fraction of sp³-hybridized carbons (Fsp3) is 0.222. The first kappa shape index (κ1) is 8.38. The molecular weight excluding hydrogens is 188 g/mol. The van der Waals surface area contributed by atoms with E-state index >= 15 is 0 Å². The zero-order chi connectivity index (χ0) is 9.42. The molecule has 2 rings (SSSR count). The lowest BCUT2D eigenvalue weighted by molar-refractivity contribution is 0.0984. The number of carbonyl (C=O) groups is 1. The molecule has 1 aliphatic rings. The highest BCUT2D eigenvalue weighted by molar-refractivity contribution is 6.35. The van der Waals surface area contributed by atoms with Crippen LogP contribution in [0.1, 0.15) is 16.8 Å². The first-order valence-electron chi connectivity index (χ1n) is 4.05. The monoisotopic (exact) mass is 196 g/mol. The number of hydrogen-bond acceptors (Lipinski definition) is 3. The number of ketones is 1. The van der Waals surface area contributed by atoms with Crippen molar-refractivity contribution >= 4 is 28.8 Å². The van der Waals surface area contributed by atoms with Gasteiger partial charge in [0.1, 0.15) is 0 Å². The van der Waals surface area contributed by atoms with Crippen molar-refractivity contribution in [2.24, 2.45) is 0 Å². The van der Waals surface area contributed by atoms with Gasteiger partial charge >= 0.3 is 0 Å². The topological polar surface area (TPSA) is 55.1 Å².